The largest absolute Gasteiger partial charge is 0.373 e. The minimum atomic E-state index is -3.70. The van der Waals surface area contributed by atoms with Crippen LogP contribution in [0.5, 0.6) is 0 Å². The maximum Gasteiger partial charge on any atom is 0.264 e. The molecule has 8 nitrogen and oxygen atoms in total. The number of allylic oxidation sites excluding steroid dienone is 1. The van der Waals surface area contributed by atoms with E-state index in [1.807, 2.05) is 18.2 Å². The fraction of sp³-hybridized carbons (Fsp3) is 0.400. The van der Waals surface area contributed by atoms with E-state index in [9.17, 15) is 13.2 Å². The first-order chi connectivity index (χ1) is 19.7. The Morgan fingerprint density at radius 1 is 1.15 bits per heavy atom. The van der Waals surface area contributed by atoms with E-state index >= 15 is 0 Å². The molecule has 1 aromatic heterocycles. The smallest absolute Gasteiger partial charge is 0.264 e. The Kier molecular flexibility index (Phi) is 7.89. The van der Waals surface area contributed by atoms with Gasteiger partial charge in [0.1, 0.15) is 11.5 Å². The summed E-state index contributed by atoms with van der Waals surface area (Å²) in [6, 6.07) is 12.8. The number of hydrogen-bond donors (Lipinski definition) is 1. The second kappa shape index (κ2) is 11.4. The number of halogens is 2. The van der Waals surface area contributed by atoms with Crippen molar-refractivity contribution in [1.29, 1.82) is 0 Å². The standard InChI is InChI=1S/C30H31Cl2N3O5S/c1-2-3-13-41(37,38)34-30(36)19-9-11-21(12-10-19)35-16-20-14-22(35)15-26(20)39-17-23-28(33-40-29(23)18-7-8-18)27-24(31)5-4-6-25(27)32/h2,4-6,9-12,18,20,22,26H,1,3,7-8,13-17H2,(H,34,36)/t20-,22-,26+/m0/s1. The number of amides is 1. The van der Waals surface area contributed by atoms with Gasteiger partial charge < -0.3 is 14.2 Å². The molecule has 1 saturated heterocycles. The van der Waals surface area contributed by atoms with Gasteiger partial charge in [-0.15, -0.1) is 6.58 Å². The van der Waals surface area contributed by atoms with E-state index < -0.39 is 15.9 Å². The summed E-state index contributed by atoms with van der Waals surface area (Å²) in [5, 5.41) is 5.43. The number of carbonyl (C=O) groups is 1. The summed E-state index contributed by atoms with van der Waals surface area (Å²) >= 11 is 13.0. The van der Waals surface area contributed by atoms with E-state index in [0.717, 1.165) is 49.2 Å². The van der Waals surface area contributed by atoms with Crippen LogP contribution in [0, 0.1) is 5.92 Å². The van der Waals surface area contributed by atoms with Gasteiger partial charge in [0.05, 0.1) is 28.5 Å². The van der Waals surface area contributed by atoms with E-state index in [0.29, 0.717) is 51.4 Å². The van der Waals surface area contributed by atoms with E-state index in [1.165, 1.54) is 6.08 Å². The third kappa shape index (κ3) is 5.91. The molecule has 3 fully saturated rings. The van der Waals surface area contributed by atoms with Crippen LogP contribution in [0.15, 0.2) is 59.6 Å². The minimum absolute atomic E-state index is 0.110. The third-order valence-corrected chi connectivity index (χ3v) is 10.1. The number of ether oxygens (including phenoxy) is 1. The molecule has 41 heavy (non-hydrogen) atoms. The first kappa shape index (κ1) is 28.3. The summed E-state index contributed by atoms with van der Waals surface area (Å²) < 4.78 is 38.5. The molecule has 0 unspecified atom stereocenters. The van der Waals surface area contributed by atoms with Crippen molar-refractivity contribution < 1.29 is 22.5 Å². The lowest BCUT2D eigenvalue weighted by Crippen LogP contribution is -2.38. The average Bonchev–Trinajstić information content (AvgIpc) is 3.40. The predicted molar refractivity (Wildman–Crippen MR) is 159 cm³/mol. The van der Waals surface area contributed by atoms with Gasteiger partial charge in [0.15, 0.2) is 0 Å². The summed E-state index contributed by atoms with van der Waals surface area (Å²) in [5.41, 5.74) is 3.58. The highest BCUT2D eigenvalue weighted by Crippen LogP contribution is 2.47. The van der Waals surface area contributed by atoms with E-state index in [1.54, 1.807) is 24.3 Å². The fourth-order valence-corrected chi connectivity index (χ4v) is 7.52. The summed E-state index contributed by atoms with van der Waals surface area (Å²) in [7, 11) is -3.70. The molecule has 2 heterocycles. The molecule has 0 radical (unpaired) electrons. The Hall–Kier alpha value is -2.85. The highest BCUT2D eigenvalue weighted by atomic mass is 35.5. The Balaban J connectivity index is 1.09. The number of anilines is 1. The van der Waals surface area contributed by atoms with E-state index in [2.05, 4.69) is 21.4 Å². The van der Waals surface area contributed by atoms with Crippen molar-refractivity contribution >= 4 is 44.8 Å². The Labute approximate surface area is 249 Å². The summed E-state index contributed by atoms with van der Waals surface area (Å²) in [6.45, 7) is 4.75. The number of carbonyl (C=O) groups excluding carboxylic acids is 1. The number of nitrogens with zero attached hydrogens (tertiary/aromatic N) is 2. The molecule has 3 aromatic rings. The van der Waals surface area contributed by atoms with Gasteiger partial charge in [0.25, 0.3) is 5.91 Å². The maximum atomic E-state index is 12.4. The zero-order valence-electron chi connectivity index (χ0n) is 22.4. The predicted octanol–water partition coefficient (Wildman–Crippen LogP) is 6.35. The first-order valence-electron chi connectivity index (χ1n) is 13.8. The number of nitrogens with one attached hydrogen (secondary N) is 1. The van der Waals surface area contributed by atoms with Gasteiger partial charge in [-0.3, -0.25) is 4.79 Å². The van der Waals surface area contributed by atoms with Crippen molar-refractivity contribution in [3.05, 3.63) is 82.1 Å². The van der Waals surface area contributed by atoms with Gasteiger partial charge in [-0.25, -0.2) is 13.1 Å². The first-order valence-corrected chi connectivity index (χ1v) is 16.2. The van der Waals surface area contributed by atoms with Crippen LogP contribution in [-0.2, 0) is 21.4 Å². The molecule has 3 atom stereocenters. The molecular weight excluding hydrogens is 585 g/mol. The van der Waals surface area contributed by atoms with Crippen molar-refractivity contribution in [3.63, 3.8) is 0 Å². The minimum Gasteiger partial charge on any atom is -0.373 e. The molecule has 2 aliphatic carbocycles. The van der Waals surface area contributed by atoms with Gasteiger partial charge in [-0.1, -0.05) is 40.5 Å². The van der Waals surface area contributed by atoms with Gasteiger partial charge in [0, 0.05) is 46.8 Å². The van der Waals surface area contributed by atoms with Crippen LogP contribution in [0.1, 0.15) is 59.7 Å². The fourth-order valence-electron chi connectivity index (χ4n) is 5.96. The number of benzene rings is 2. The van der Waals surface area contributed by atoms with Gasteiger partial charge in [-0.2, -0.15) is 0 Å². The number of fused-ring (bicyclic) bond motifs is 2. The molecule has 1 aliphatic heterocycles. The molecule has 0 spiro atoms. The van der Waals surface area contributed by atoms with Crippen molar-refractivity contribution in [1.82, 2.24) is 9.88 Å². The van der Waals surface area contributed by atoms with Crippen LogP contribution < -0.4 is 9.62 Å². The average molecular weight is 617 g/mol. The Morgan fingerprint density at radius 2 is 1.88 bits per heavy atom. The molecule has 2 aromatic carbocycles. The van der Waals surface area contributed by atoms with E-state index in [4.69, 9.17) is 32.5 Å². The zero-order chi connectivity index (χ0) is 28.7. The molecule has 1 N–H and O–H groups in total. The van der Waals surface area contributed by atoms with Crippen molar-refractivity contribution in [2.24, 2.45) is 5.92 Å². The molecule has 216 valence electrons. The van der Waals surface area contributed by atoms with Crippen molar-refractivity contribution in [2.75, 3.05) is 17.2 Å². The quantitative estimate of drug-likeness (QED) is 0.251. The second-order valence-electron chi connectivity index (χ2n) is 11.0. The van der Waals surface area contributed by atoms with Gasteiger partial charge >= 0.3 is 0 Å². The van der Waals surface area contributed by atoms with Crippen LogP contribution in [-0.4, -0.2) is 43.9 Å². The molecule has 1 amide bonds. The van der Waals surface area contributed by atoms with Crippen LogP contribution >= 0.6 is 23.2 Å². The summed E-state index contributed by atoms with van der Waals surface area (Å²) in [6.07, 6.45) is 5.96. The highest BCUT2D eigenvalue weighted by Gasteiger charge is 2.45. The van der Waals surface area contributed by atoms with Gasteiger partial charge in [-0.05, 0) is 68.5 Å². The summed E-state index contributed by atoms with van der Waals surface area (Å²) in [5.74, 6) is 0.805. The number of rotatable bonds is 11. The normalized spacial score (nSPS) is 21.8. The van der Waals surface area contributed by atoms with Crippen LogP contribution in [0.3, 0.4) is 0 Å². The highest BCUT2D eigenvalue weighted by molar-refractivity contribution is 7.90. The topological polar surface area (TPSA) is 102 Å². The van der Waals surface area contributed by atoms with Crippen molar-refractivity contribution in [2.45, 2.75) is 56.8 Å². The lowest BCUT2D eigenvalue weighted by molar-refractivity contribution is 0.0122. The van der Waals surface area contributed by atoms with Crippen LogP contribution in [0.25, 0.3) is 11.3 Å². The van der Waals surface area contributed by atoms with Crippen molar-refractivity contribution in [3.8, 4) is 11.3 Å². The zero-order valence-corrected chi connectivity index (χ0v) is 24.7. The number of aromatic nitrogens is 1. The molecule has 11 heteroatoms. The van der Waals surface area contributed by atoms with E-state index in [-0.39, 0.29) is 18.3 Å². The van der Waals surface area contributed by atoms with Gasteiger partial charge in [0.2, 0.25) is 10.0 Å². The Bertz CT molecular complexity index is 1550. The summed E-state index contributed by atoms with van der Waals surface area (Å²) in [4.78, 5) is 14.8. The Morgan fingerprint density at radius 3 is 2.51 bits per heavy atom. The number of sulfonamides is 1. The maximum absolute atomic E-state index is 12.4. The monoisotopic (exact) mass is 615 g/mol. The molecule has 2 saturated carbocycles. The van der Waals surface area contributed by atoms with Crippen LogP contribution in [0.2, 0.25) is 10.0 Å². The number of piperidine rings is 1. The molecule has 2 bridgehead atoms. The second-order valence-corrected chi connectivity index (χ2v) is 13.7. The number of hydrogen-bond acceptors (Lipinski definition) is 7. The molecule has 6 rings (SSSR count). The molecular formula is C30H31Cl2N3O5S. The SMILES string of the molecule is C=CCCS(=O)(=O)NC(=O)c1ccc(N2C[C@@H]3C[C@H]2C[C@H]3OCc2c(-c3c(Cl)cccc3Cl)noc2C2CC2)cc1. The third-order valence-electron chi connectivity index (χ3n) is 8.19. The lowest BCUT2D eigenvalue weighted by Gasteiger charge is -2.33. The lowest BCUT2D eigenvalue weighted by atomic mass is 10.0. The molecule has 3 aliphatic rings. The van der Waals surface area contributed by atoms with Crippen LogP contribution in [0.4, 0.5) is 5.69 Å².